The van der Waals surface area contributed by atoms with Gasteiger partial charge in [-0.05, 0) is 37.7 Å². The van der Waals surface area contributed by atoms with Crippen LogP contribution in [0.1, 0.15) is 38.2 Å². The van der Waals surface area contributed by atoms with Gasteiger partial charge in [-0.2, -0.15) is 0 Å². The average Bonchev–Trinajstić information content (AvgIpc) is 2.41. The first-order valence-corrected chi connectivity index (χ1v) is 7.75. The molecule has 0 spiro atoms. The zero-order chi connectivity index (χ0) is 13.0. The summed E-state index contributed by atoms with van der Waals surface area (Å²) < 4.78 is 11.6. The van der Waals surface area contributed by atoms with Crippen LogP contribution in [-0.4, -0.2) is 13.2 Å². The van der Waals surface area contributed by atoms with Crippen molar-refractivity contribution in [3.05, 3.63) is 23.8 Å². The topological polar surface area (TPSA) is 18.5 Å². The quantitative estimate of drug-likeness (QED) is 0.759. The van der Waals surface area contributed by atoms with Gasteiger partial charge < -0.3 is 9.47 Å². The summed E-state index contributed by atoms with van der Waals surface area (Å²) in [7, 11) is 1.70. The molecule has 0 atom stereocenters. The Balaban J connectivity index is 2.12. The lowest BCUT2D eigenvalue weighted by Gasteiger charge is -2.28. The van der Waals surface area contributed by atoms with Gasteiger partial charge in [0.2, 0.25) is 0 Å². The Morgan fingerprint density at radius 1 is 1.22 bits per heavy atom. The van der Waals surface area contributed by atoms with Crippen molar-refractivity contribution in [2.24, 2.45) is 5.92 Å². The molecule has 0 bridgehead atoms. The number of hydrogen-bond donors (Lipinski definition) is 0. The molecule has 18 heavy (non-hydrogen) atoms. The SMILES string of the molecule is COc1cccc(CBr)c1OC1CCC(C)CC1. The average molecular weight is 313 g/mol. The number of ether oxygens (including phenoxy) is 2. The maximum Gasteiger partial charge on any atom is 0.165 e. The predicted octanol–water partition coefficient (Wildman–Crippen LogP) is 4.55. The summed E-state index contributed by atoms with van der Waals surface area (Å²) in [5, 5.41) is 0.794. The summed E-state index contributed by atoms with van der Waals surface area (Å²) in [6.45, 7) is 2.32. The number of benzene rings is 1. The number of methoxy groups -OCH3 is 1. The first kappa shape index (κ1) is 13.7. The molecule has 0 aliphatic heterocycles. The van der Waals surface area contributed by atoms with Crippen LogP contribution in [0.4, 0.5) is 0 Å². The van der Waals surface area contributed by atoms with Gasteiger partial charge in [0, 0.05) is 10.9 Å². The van der Waals surface area contributed by atoms with Crippen molar-refractivity contribution < 1.29 is 9.47 Å². The van der Waals surface area contributed by atoms with Crippen molar-refractivity contribution >= 4 is 15.9 Å². The fourth-order valence-corrected chi connectivity index (χ4v) is 2.92. The lowest BCUT2D eigenvalue weighted by molar-refractivity contribution is 0.130. The highest BCUT2D eigenvalue weighted by molar-refractivity contribution is 9.08. The maximum atomic E-state index is 6.19. The normalized spacial score (nSPS) is 23.7. The van der Waals surface area contributed by atoms with Crippen LogP contribution < -0.4 is 9.47 Å². The second-order valence-corrected chi connectivity index (χ2v) is 5.64. The molecular weight excluding hydrogens is 292 g/mol. The first-order valence-electron chi connectivity index (χ1n) is 6.63. The van der Waals surface area contributed by atoms with Gasteiger partial charge in [0.15, 0.2) is 11.5 Å². The van der Waals surface area contributed by atoms with E-state index in [1.165, 1.54) is 12.8 Å². The van der Waals surface area contributed by atoms with Crippen LogP contribution in [0.3, 0.4) is 0 Å². The van der Waals surface area contributed by atoms with E-state index in [4.69, 9.17) is 9.47 Å². The molecule has 0 N–H and O–H groups in total. The van der Waals surface area contributed by atoms with Crippen molar-refractivity contribution in [1.29, 1.82) is 0 Å². The van der Waals surface area contributed by atoms with E-state index in [0.29, 0.717) is 6.10 Å². The Bertz CT molecular complexity index is 362. The summed E-state index contributed by atoms with van der Waals surface area (Å²) in [5.41, 5.74) is 1.16. The monoisotopic (exact) mass is 312 g/mol. The van der Waals surface area contributed by atoms with E-state index in [-0.39, 0.29) is 0 Å². The summed E-state index contributed by atoms with van der Waals surface area (Å²) in [6.07, 6.45) is 5.18. The molecule has 0 amide bonds. The van der Waals surface area contributed by atoms with E-state index in [9.17, 15) is 0 Å². The largest absolute Gasteiger partial charge is 0.493 e. The zero-order valence-corrected chi connectivity index (χ0v) is 12.7. The van der Waals surface area contributed by atoms with Gasteiger partial charge in [-0.15, -0.1) is 0 Å². The highest BCUT2D eigenvalue weighted by Crippen LogP contribution is 2.36. The van der Waals surface area contributed by atoms with Gasteiger partial charge in [-0.25, -0.2) is 0 Å². The Morgan fingerprint density at radius 2 is 1.94 bits per heavy atom. The molecule has 0 saturated heterocycles. The highest BCUT2D eigenvalue weighted by atomic mass is 79.9. The Hall–Kier alpha value is -0.700. The number of rotatable bonds is 4. The summed E-state index contributed by atoms with van der Waals surface area (Å²) in [6, 6.07) is 6.05. The predicted molar refractivity (Wildman–Crippen MR) is 77.7 cm³/mol. The van der Waals surface area contributed by atoms with Crippen LogP contribution in [-0.2, 0) is 5.33 Å². The molecule has 3 heteroatoms. The molecule has 1 saturated carbocycles. The van der Waals surface area contributed by atoms with E-state index in [1.54, 1.807) is 7.11 Å². The number of alkyl halides is 1. The van der Waals surface area contributed by atoms with Crippen LogP contribution in [0, 0.1) is 5.92 Å². The van der Waals surface area contributed by atoms with Crippen LogP contribution in [0.15, 0.2) is 18.2 Å². The lowest BCUT2D eigenvalue weighted by Crippen LogP contribution is -2.23. The van der Waals surface area contributed by atoms with Crippen molar-refractivity contribution in [2.75, 3.05) is 7.11 Å². The van der Waals surface area contributed by atoms with Gasteiger partial charge in [-0.3, -0.25) is 0 Å². The molecule has 2 nitrogen and oxygen atoms in total. The number of halogens is 1. The molecule has 1 aliphatic rings. The van der Waals surface area contributed by atoms with E-state index < -0.39 is 0 Å². The Labute approximate surface area is 118 Å². The minimum Gasteiger partial charge on any atom is -0.493 e. The second kappa shape index (κ2) is 6.46. The molecule has 0 unspecified atom stereocenters. The maximum absolute atomic E-state index is 6.19. The first-order chi connectivity index (χ1) is 8.74. The fourth-order valence-electron chi connectivity index (χ4n) is 2.48. The minimum atomic E-state index is 0.343. The van der Waals surface area contributed by atoms with Crippen LogP contribution in [0.5, 0.6) is 11.5 Å². The minimum absolute atomic E-state index is 0.343. The molecule has 1 aromatic rings. The smallest absolute Gasteiger partial charge is 0.165 e. The van der Waals surface area contributed by atoms with Crippen molar-refractivity contribution in [2.45, 2.75) is 44.0 Å². The van der Waals surface area contributed by atoms with E-state index in [1.807, 2.05) is 12.1 Å². The molecule has 0 heterocycles. The zero-order valence-electron chi connectivity index (χ0n) is 11.1. The third-order valence-electron chi connectivity index (χ3n) is 3.67. The molecule has 0 aromatic heterocycles. The van der Waals surface area contributed by atoms with Crippen LogP contribution in [0.25, 0.3) is 0 Å². The number of para-hydroxylation sites is 1. The molecule has 1 aromatic carbocycles. The second-order valence-electron chi connectivity index (χ2n) is 5.08. The van der Waals surface area contributed by atoms with Crippen LogP contribution >= 0.6 is 15.9 Å². The summed E-state index contributed by atoms with van der Waals surface area (Å²) >= 11 is 3.51. The Morgan fingerprint density at radius 3 is 2.56 bits per heavy atom. The number of hydrogen-bond acceptors (Lipinski definition) is 2. The molecule has 100 valence electrons. The van der Waals surface area contributed by atoms with E-state index in [0.717, 1.165) is 41.2 Å². The third kappa shape index (κ3) is 3.19. The lowest BCUT2D eigenvalue weighted by atomic mass is 9.89. The Kier molecular flexibility index (Phi) is 4.93. The van der Waals surface area contributed by atoms with Crippen LogP contribution in [0.2, 0.25) is 0 Å². The van der Waals surface area contributed by atoms with Crippen molar-refractivity contribution in [1.82, 2.24) is 0 Å². The molecular formula is C15H21BrO2. The van der Waals surface area contributed by atoms with Gasteiger partial charge in [0.1, 0.15) is 0 Å². The van der Waals surface area contributed by atoms with Crippen molar-refractivity contribution in [3.63, 3.8) is 0 Å². The fraction of sp³-hybridized carbons (Fsp3) is 0.600. The van der Waals surface area contributed by atoms with E-state index in [2.05, 4.69) is 28.9 Å². The molecule has 1 fully saturated rings. The van der Waals surface area contributed by atoms with Crippen molar-refractivity contribution in [3.8, 4) is 11.5 Å². The van der Waals surface area contributed by atoms with Gasteiger partial charge in [0.25, 0.3) is 0 Å². The summed E-state index contributed by atoms with van der Waals surface area (Å²) in [5.74, 6) is 2.60. The molecule has 2 rings (SSSR count). The van der Waals surface area contributed by atoms with Gasteiger partial charge >= 0.3 is 0 Å². The van der Waals surface area contributed by atoms with E-state index >= 15 is 0 Å². The molecule has 1 aliphatic carbocycles. The highest BCUT2D eigenvalue weighted by Gasteiger charge is 2.21. The molecule has 0 radical (unpaired) electrons. The standard InChI is InChI=1S/C15H21BrO2/c1-11-6-8-13(9-7-11)18-15-12(10-16)4-3-5-14(15)17-2/h3-5,11,13H,6-10H2,1-2H3. The summed E-state index contributed by atoms with van der Waals surface area (Å²) in [4.78, 5) is 0. The third-order valence-corrected chi connectivity index (χ3v) is 4.28. The van der Waals surface area contributed by atoms with Gasteiger partial charge in [-0.1, -0.05) is 35.0 Å². The van der Waals surface area contributed by atoms with Gasteiger partial charge in [0.05, 0.1) is 13.2 Å².